The largest absolute Gasteiger partial charge is 0.228 e. The van der Waals surface area contributed by atoms with E-state index < -0.39 is 15.8 Å². The van der Waals surface area contributed by atoms with Crippen molar-refractivity contribution in [2.24, 2.45) is 5.92 Å². The Hall–Kier alpha value is -1.34. The molecular formula is C12H15NO2S. The van der Waals surface area contributed by atoms with Crippen LogP contribution in [0.1, 0.15) is 18.1 Å². The third kappa shape index (κ3) is 4.03. The lowest BCUT2D eigenvalue weighted by Crippen LogP contribution is -2.14. The van der Waals surface area contributed by atoms with Gasteiger partial charge in [-0.25, -0.2) is 8.42 Å². The van der Waals surface area contributed by atoms with E-state index in [1.807, 2.05) is 31.2 Å². The van der Waals surface area contributed by atoms with Gasteiger partial charge in [-0.15, -0.1) is 0 Å². The molecule has 0 N–H and O–H groups in total. The molecule has 0 heterocycles. The first kappa shape index (κ1) is 12.7. The van der Waals surface area contributed by atoms with Crippen LogP contribution in [-0.4, -0.2) is 14.2 Å². The van der Waals surface area contributed by atoms with Crippen molar-refractivity contribution in [2.75, 3.05) is 5.75 Å². The highest BCUT2D eigenvalue weighted by Crippen LogP contribution is 2.11. The van der Waals surface area contributed by atoms with E-state index in [9.17, 15) is 8.42 Å². The second kappa shape index (κ2) is 5.13. The molecule has 0 amide bonds. The summed E-state index contributed by atoms with van der Waals surface area (Å²) in [7, 11) is -3.19. The first-order valence-electron chi connectivity index (χ1n) is 5.08. The maximum Gasteiger partial charge on any atom is 0.155 e. The Labute approximate surface area is 96.6 Å². The van der Waals surface area contributed by atoms with Crippen LogP contribution in [0.4, 0.5) is 0 Å². The fourth-order valence-corrected chi connectivity index (χ4v) is 3.17. The van der Waals surface area contributed by atoms with Gasteiger partial charge in [-0.2, -0.15) is 5.26 Å². The molecule has 3 nitrogen and oxygen atoms in total. The van der Waals surface area contributed by atoms with E-state index in [2.05, 4.69) is 0 Å². The van der Waals surface area contributed by atoms with E-state index in [0.717, 1.165) is 11.1 Å². The molecule has 0 bridgehead atoms. The van der Waals surface area contributed by atoms with Crippen molar-refractivity contribution >= 4 is 9.84 Å². The number of hydrogen-bond donors (Lipinski definition) is 0. The predicted molar refractivity (Wildman–Crippen MR) is 63.4 cm³/mol. The monoisotopic (exact) mass is 237 g/mol. The topological polar surface area (TPSA) is 57.9 Å². The molecule has 0 aliphatic heterocycles. The average molecular weight is 237 g/mol. The van der Waals surface area contributed by atoms with Gasteiger partial charge in [0, 0.05) is 0 Å². The molecular weight excluding hydrogens is 222 g/mol. The summed E-state index contributed by atoms with van der Waals surface area (Å²) in [6.07, 6.45) is 0. The Morgan fingerprint density at radius 2 is 2.12 bits per heavy atom. The molecule has 0 fully saturated rings. The first-order valence-corrected chi connectivity index (χ1v) is 6.90. The summed E-state index contributed by atoms with van der Waals surface area (Å²) >= 11 is 0. The van der Waals surface area contributed by atoms with Gasteiger partial charge in [0.2, 0.25) is 0 Å². The highest BCUT2D eigenvalue weighted by molar-refractivity contribution is 7.90. The Bertz CT molecular complexity index is 500. The lowest BCUT2D eigenvalue weighted by Gasteiger charge is -2.06. The summed E-state index contributed by atoms with van der Waals surface area (Å²) in [5, 5.41) is 8.59. The minimum atomic E-state index is -3.19. The van der Waals surface area contributed by atoms with Gasteiger partial charge < -0.3 is 0 Å². The van der Waals surface area contributed by atoms with Gasteiger partial charge in [-0.1, -0.05) is 29.8 Å². The van der Waals surface area contributed by atoms with E-state index in [4.69, 9.17) is 5.26 Å². The van der Waals surface area contributed by atoms with Crippen molar-refractivity contribution < 1.29 is 8.42 Å². The Kier molecular flexibility index (Phi) is 4.08. The van der Waals surface area contributed by atoms with Crippen molar-refractivity contribution in [2.45, 2.75) is 19.6 Å². The number of nitriles is 1. The van der Waals surface area contributed by atoms with Crippen LogP contribution in [0.2, 0.25) is 0 Å². The van der Waals surface area contributed by atoms with E-state index in [-0.39, 0.29) is 11.5 Å². The smallest absolute Gasteiger partial charge is 0.155 e. The summed E-state index contributed by atoms with van der Waals surface area (Å²) in [5.74, 6) is -0.507. The molecule has 0 aliphatic carbocycles. The fraction of sp³-hybridized carbons (Fsp3) is 0.417. The van der Waals surface area contributed by atoms with Crippen LogP contribution in [0.3, 0.4) is 0 Å². The Morgan fingerprint density at radius 3 is 2.69 bits per heavy atom. The molecule has 1 aromatic carbocycles. The lowest BCUT2D eigenvalue weighted by molar-refractivity contribution is 0.588. The van der Waals surface area contributed by atoms with Crippen LogP contribution in [0.25, 0.3) is 0 Å². The molecule has 0 spiro atoms. The third-order valence-corrected chi connectivity index (χ3v) is 3.97. The molecule has 1 aromatic rings. The molecule has 1 atom stereocenters. The average Bonchev–Trinajstić information content (AvgIpc) is 2.15. The summed E-state index contributed by atoms with van der Waals surface area (Å²) in [5.41, 5.74) is 1.83. The summed E-state index contributed by atoms with van der Waals surface area (Å²) in [6.45, 7) is 3.54. The van der Waals surface area contributed by atoms with E-state index in [0.29, 0.717) is 0 Å². The quantitative estimate of drug-likeness (QED) is 0.805. The normalized spacial score (nSPS) is 13.1. The minimum Gasteiger partial charge on any atom is -0.228 e. The number of nitrogens with zero attached hydrogens (tertiary/aromatic N) is 1. The Morgan fingerprint density at radius 1 is 1.44 bits per heavy atom. The lowest BCUT2D eigenvalue weighted by atomic mass is 10.2. The van der Waals surface area contributed by atoms with Crippen molar-refractivity contribution in [1.82, 2.24) is 0 Å². The van der Waals surface area contributed by atoms with Crippen LogP contribution in [0, 0.1) is 24.2 Å². The van der Waals surface area contributed by atoms with Gasteiger partial charge in [0.15, 0.2) is 9.84 Å². The van der Waals surface area contributed by atoms with Crippen molar-refractivity contribution in [3.05, 3.63) is 35.4 Å². The zero-order valence-electron chi connectivity index (χ0n) is 9.47. The molecule has 86 valence electrons. The maximum atomic E-state index is 11.7. The zero-order valence-corrected chi connectivity index (χ0v) is 10.3. The van der Waals surface area contributed by atoms with E-state index >= 15 is 0 Å². The summed E-state index contributed by atoms with van der Waals surface area (Å²) in [4.78, 5) is 0. The minimum absolute atomic E-state index is 0.0146. The van der Waals surface area contributed by atoms with Gasteiger partial charge in [-0.3, -0.25) is 0 Å². The number of sulfone groups is 1. The van der Waals surface area contributed by atoms with Crippen LogP contribution in [-0.2, 0) is 15.6 Å². The molecule has 0 aliphatic rings. The number of aryl methyl sites for hydroxylation is 1. The maximum absolute atomic E-state index is 11.7. The molecule has 0 aromatic heterocycles. The SMILES string of the molecule is Cc1cccc(CS(=O)(=O)CC(C)C#N)c1. The highest BCUT2D eigenvalue weighted by Gasteiger charge is 2.16. The van der Waals surface area contributed by atoms with Crippen LogP contribution in [0.5, 0.6) is 0 Å². The van der Waals surface area contributed by atoms with E-state index in [1.54, 1.807) is 13.0 Å². The highest BCUT2D eigenvalue weighted by atomic mass is 32.2. The zero-order chi connectivity index (χ0) is 12.2. The molecule has 4 heteroatoms. The summed E-state index contributed by atoms with van der Waals surface area (Å²) < 4.78 is 23.5. The van der Waals surface area contributed by atoms with E-state index in [1.165, 1.54) is 0 Å². The van der Waals surface area contributed by atoms with Crippen molar-refractivity contribution in [3.8, 4) is 6.07 Å². The van der Waals surface area contributed by atoms with Gasteiger partial charge in [0.05, 0.1) is 23.5 Å². The molecule has 0 saturated heterocycles. The molecule has 16 heavy (non-hydrogen) atoms. The van der Waals surface area contributed by atoms with Gasteiger partial charge in [-0.05, 0) is 19.4 Å². The van der Waals surface area contributed by atoms with Crippen LogP contribution < -0.4 is 0 Å². The Balaban J connectivity index is 2.78. The third-order valence-electron chi connectivity index (χ3n) is 2.19. The molecule has 1 unspecified atom stereocenters. The number of hydrogen-bond acceptors (Lipinski definition) is 3. The van der Waals surface area contributed by atoms with Crippen LogP contribution >= 0.6 is 0 Å². The standard InChI is InChI=1S/C12H15NO2S/c1-10-4-3-5-12(6-10)9-16(14,15)8-11(2)7-13/h3-6,11H,8-9H2,1-2H3. The second-order valence-electron chi connectivity index (χ2n) is 4.07. The van der Waals surface area contributed by atoms with Gasteiger partial charge >= 0.3 is 0 Å². The summed E-state index contributed by atoms with van der Waals surface area (Å²) in [6, 6.07) is 9.35. The number of rotatable bonds is 4. The van der Waals surface area contributed by atoms with Crippen LogP contribution in [0.15, 0.2) is 24.3 Å². The van der Waals surface area contributed by atoms with Gasteiger partial charge in [0.25, 0.3) is 0 Å². The first-order chi connectivity index (χ1) is 7.43. The molecule has 0 radical (unpaired) electrons. The van der Waals surface area contributed by atoms with Crippen molar-refractivity contribution in [1.29, 1.82) is 5.26 Å². The van der Waals surface area contributed by atoms with Gasteiger partial charge in [0.1, 0.15) is 0 Å². The predicted octanol–water partition coefficient (Wildman–Crippen LogP) is 2.07. The number of benzene rings is 1. The molecule has 1 rings (SSSR count). The molecule has 0 saturated carbocycles. The van der Waals surface area contributed by atoms with Crippen molar-refractivity contribution in [3.63, 3.8) is 0 Å². The second-order valence-corrected chi connectivity index (χ2v) is 6.18. The fourth-order valence-electron chi connectivity index (χ4n) is 1.53.